The molecule has 0 radical (unpaired) electrons. The van der Waals surface area contributed by atoms with E-state index < -0.39 is 11.6 Å². The molecule has 2 atom stereocenters. The van der Waals surface area contributed by atoms with Crippen LogP contribution < -0.4 is 16.0 Å². The Morgan fingerprint density at radius 2 is 2.12 bits per heavy atom. The van der Waals surface area contributed by atoms with E-state index in [2.05, 4.69) is 16.0 Å². The molecule has 0 aromatic rings. The van der Waals surface area contributed by atoms with Crippen LogP contribution in [0, 0.1) is 0 Å². The van der Waals surface area contributed by atoms with Crippen molar-refractivity contribution in [1.82, 2.24) is 16.0 Å². The van der Waals surface area contributed by atoms with Gasteiger partial charge in [-0.25, -0.2) is 0 Å². The van der Waals surface area contributed by atoms with Crippen LogP contribution >= 0.6 is 0 Å². The first-order valence-corrected chi connectivity index (χ1v) is 6.38. The molecule has 2 amide bonds. The molecule has 1 saturated carbocycles. The van der Waals surface area contributed by atoms with Gasteiger partial charge in [0.25, 0.3) is 0 Å². The summed E-state index contributed by atoms with van der Waals surface area (Å²) in [5.74, 6) is -0.157. The van der Waals surface area contributed by atoms with Gasteiger partial charge in [0.1, 0.15) is 6.04 Å². The zero-order chi connectivity index (χ0) is 12.5. The number of amides is 2. The van der Waals surface area contributed by atoms with Gasteiger partial charge in [-0.15, -0.1) is 0 Å². The molecule has 0 spiro atoms. The van der Waals surface area contributed by atoms with E-state index in [1.165, 1.54) is 0 Å². The number of nitrogens with one attached hydrogen (secondary N) is 3. The first kappa shape index (κ1) is 12.4. The standard InChI is InChI=1S/C12H21N3O2/c1-8(10(16)15-9-4-5-9)14-11(17)12(2)6-3-7-13-12/h8-9,13H,3-7H2,1-2H3,(H,14,17)(H,15,16). The molecule has 2 rings (SSSR count). The summed E-state index contributed by atoms with van der Waals surface area (Å²) >= 11 is 0. The molecule has 17 heavy (non-hydrogen) atoms. The van der Waals surface area contributed by atoms with Crippen LogP contribution in [0.25, 0.3) is 0 Å². The SMILES string of the molecule is CC(NC(=O)C1(C)CCCN1)C(=O)NC1CC1. The summed E-state index contributed by atoms with van der Waals surface area (Å²) in [6, 6.07) is -0.121. The Hall–Kier alpha value is -1.10. The Kier molecular flexibility index (Phi) is 3.38. The second-order valence-electron chi connectivity index (χ2n) is 5.34. The van der Waals surface area contributed by atoms with E-state index in [1.807, 2.05) is 6.92 Å². The molecule has 2 aliphatic rings. The molecular formula is C12H21N3O2. The lowest BCUT2D eigenvalue weighted by Crippen LogP contribution is -2.56. The van der Waals surface area contributed by atoms with Crippen molar-refractivity contribution in [1.29, 1.82) is 0 Å². The second kappa shape index (κ2) is 4.64. The molecule has 1 saturated heterocycles. The average Bonchev–Trinajstić information content (AvgIpc) is 2.98. The fourth-order valence-electron chi connectivity index (χ4n) is 2.06. The maximum atomic E-state index is 12.0. The maximum absolute atomic E-state index is 12.0. The van der Waals surface area contributed by atoms with Crippen LogP contribution in [0.2, 0.25) is 0 Å². The highest BCUT2D eigenvalue weighted by Crippen LogP contribution is 2.20. The predicted molar refractivity (Wildman–Crippen MR) is 64.4 cm³/mol. The van der Waals surface area contributed by atoms with Crippen molar-refractivity contribution in [2.75, 3.05) is 6.54 Å². The largest absolute Gasteiger partial charge is 0.352 e. The molecule has 5 heteroatoms. The van der Waals surface area contributed by atoms with Crippen LogP contribution in [-0.2, 0) is 9.59 Å². The third-order valence-corrected chi connectivity index (χ3v) is 3.53. The van der Waals surface area contributed by atoms with Gasteiger partial charge in [0.05, 0.1) is 5.54 Å². The average molecular weight is 239 g/mol. The minimum absolute atomic E-state index is 0.0755. The molecule has 96 valence electrons. The molecule has 1 heterocycles. The molecule has 1 aliphatic heterocycles. The Morgan fingerprint density at radius 1 is 1.41 bits per heavy atom. The monoisotopic (exact) mass is 239 g/mol. The van der Waals surface area contributed by atoms with E-state index in [1.54, 1.807) is 6.92 Å². The van der Waals surface area contributed by atoms with Crippen LogP contribution in [0.1, 0.15) is 39.5 Å². The van der Waals surface area contributed by atoms with Crippen molar-refractivity contribution in [2.24, 2.45) is 0 Å². The molecule has 0 bridgehead atoms. The zero-order valence-corrected chi connectivity index (χ0v) is 10.5. The Labute approximate surface area is 102 Å². The maximum Gasteiger partial charge on any atom is 0.242 e. The van der Waals surface area contributed by atoms with Gasteiger partial charge in [-0.3, -0.25) is 9.59 Å². The van der Waals surface area contributed by atoms with Crippen molar-refractivity contribution in [3.63, 3.8) is 0 Å². The quantitative estimate of drug-likeness (QED) is 0.642. The molecule has 2 fully saturated rings. The highest BCUT2D eigenvalue weighted by Gasteiger charge is 2.37. The summed E-state index contributed by atoms with van der Waals surface area (Å²) in [6.45, 7) is 4.49. The minimum atomic E-state index is -0.506. The van der Waals surface area contributed by atoms with Crippen molar-refractivity contribution < 1.29 is 9.59 Å². The smallest absolute Gasteiger partial charge is 0.242 e. The molecule has 3 N–H and O–H groups in total. The van der Waals surface area contributed by atoms with Gasteiger partial charge in [-0.2, -0.15) is 0 Å². The van der Waals surface area contributed by atoms with Crippen molar-refractivity contribution in [3.8, 4) is 0 Å². The molecule has 2 unspecified atom stereocenters. The van der Waals surface area contributed by atoms with E-state index in [4.69, 9.17) is 0 Å². The van der Waals surface area contributed by atoms with Gasteiger partial charge < -0.3 is 16.0 Å². The lowest BCUT2D eigenvalue weighted by atomic mass is 9.99. The van der Waals surface area contributed by atoms with E-state index in [0.29, 0.717) is 6.04 Å². The number of carbonyl (C=O) groups excluding carboxylic acids is 2. The van der Waals surface area contributed by atoms with E-state index in [9.17, 15) is 9.59 Å². The second-order valence-corrected chi connectivity index (χ2v) is 5.34. The van der Waals surface area contributed by atoms with E-state index >= 15 is 0 Å². The third kappa shape index (κ3) is 2.97. The van der Waals surface area contributed by atoms with Gasteiger partial charge in [0.2, 0.25) is 11.8 Å². The van der Waals surface area contributed by atoms with Gasteiger partial charge in [0.15, 0.2) is 0 Å². The summed E-state index contributed by atoms with van der Waals surface area (Å²) < 4.78 is 0. The van der Waals surface area contributed by atoms with Gasteiger partial charge in [0, 0.05) is 6.04 Å². The topological polar surface area (TPSA) is 70.2 Å². The molecule has 1 aliphatic carbocycles. The lowest BCUT2D eigenvalue weighted by Gasteiger charge is -2.25. The zero-order valence-electron chi connectivity index (χ0n) is 10.5. The molecule has 0 aromatic heterocycles. The number of carbonyl (C=O) groups is 2. The fraction of sp³-hybridized carbons (Fsp3) is 0.833. The lowest BCUT2D eigenvalue weighted by molar-refractivity contribution is -0.131. The van der Waals surface area contributed by atoms with Crippen molar-refractivity contribution >= 4 is 11.8 Å². The number of hydrogen-bond donors (Lipinski definition) is 3. The van der Waals surface area contributed by atoms with Gasteiger partial charge in [-0.05, 0) is 46.1 Å². The summed E-state index contributed by atoms with van der Waals surface area (Å²) in [7, 11) is 0. The first-order chi connectivity index (χ1) is 8.01. The Morgan fingerprint density at radius 3 is 2.65 bits per heavy atom. The van der Waals surface area contributed by atoms with Crippen LogP contribution in [-0.4, -0.2) is 36.0 Å². The van der Waals surface area contributed by atoms with Crippen molar-refractivity contribution in [2.45, 2.75) is 57.2 Å². The summed E-state index contributed by atoms with van der Waals surface area (Å²) in [4.78, 5) is 23.7. The summed E-state index contributed by atoms with van der Waals surface area (Å²) in [5, 5.41) is 8.86. The minimum Gasteiger partial charge on any atom is -0.352 e. The van der Waals surface area contributed by atoms with Crippen LogP contribution in [0.4, 0.5) is 0 Å². The molecule has 0 aromatic carbocycles. The van der Waals surface area contributed by atoms with E-state index in [0.717, 1.165) is 32.2 Å². The highest BCUT2D eigenvalue weighted by molar-refractivity contribution is 5.92. The van der Waals surface area contributed by atoms with Crippen LogP contribution in [0.15, 0.2) is 0 Å². The molecule has 5 nitrogen and oxygen atoms in total. The number of rotatable bonds is 4. The Balaban J connectivity index is 1.82. The van der Waals surface area contributed by atoms with Crippen LogP contribution in [0.5, 0.6) is 0 Å². The predicted octanol–water partition coefficient (Wildman–Crippen LogP) is -0.0882. The van der Waals surface area contributed by atoms with E-state index in [-0.39, 0.29) is 11.8 Å². The van der Waals surface area contributed by atoms with Gasteiger partial charge in [-0.1, -0.05) is 0 Å². The first-order valence-electron chi connectivity index (χ1n) is 6.38. The fourth-order valence-corrected chi connectivity index (χ4v) is 2.06. The molecular weight excluding hydrogens is 218 g/mol. The normalized spacial score (nSPS) is 29.8. The van der Waals surface area contributed by atoms with Gasteiger partial charge >= 0.3 is 0 Å². The summed E-state index contributed by atoms with van der Waals surface area (Å²) in [5.41, 5.74) is -0.506. The van der Waals surface area contributed by atoms with Crippen molar-refractivity contribution in [3.05, 3.63) is 0 Å². The number of hydrogen-bond acceptors (Lipinski definition) is 3. The third-order valence-electron chi connectivity index (χ3n) is 3.53. The Bertz CT molecular complexity index is 320. The highest BCUT2D eigenvalue weighted by atomic mass is 16.2. The van der Waals surface area contributed by atoms with Crippen LogP contribution in [0.3, 0.4) is 0 Å². The summed E-state index contributed by atoms with van der Waals surface area (Å²) in [6.07, 6.45) is 3.96.